The first-order chi connectivity index (χ1) is 9.13. The maximum atomic E-state index is 5.90. The predicted octanol–water partition coefficient (Wildman–Crippen LogP) is 3.34. The molecule has 2 aromatic carbocycles. The lowest BCUT2D eigenvalue weighted by Crippen LogP contribution is -1.97. The summed E-state index contributed by atoms with van der Waals surface area (Å²) in [6.07, 6.45) is 0. The van der Waals surface area contributed by atoms with Crippen LogP contribution in [0.25, 0.3) is 0 Å². The van der Waals surface area contributed by atoms with E-state index < -0.39 is 0 Å². The molecule has 4 heteroatoms. The quantitative estimate of drug-likeness (QED) is 0.826. The molecule has 0 heterocycles. The Bertz CT molecular complexity index is 582. The van der Waals surface area contributed by atoms with Gasteiger partial charge in [0.15, 0.2) is 0 Å². The monoisotopic (exact) mass is 258 g/mol. The van der Waals surface area contributed by atoms with Gasteiger partial charge in [-0.05, 0) is 36.8 Å². The SMILES string of the molecule is COc1ccc(Nc2ccc(C)c(N)c2)c(OC)c1. The molecule has 0 amide bonds. The van der Waals surface area contributed by atoms with E-state index in [-0.39, 0.29) is 0 Å². The van der Waals surface area contributed by atoms with Gasteiger partial charge in [-0.1, -0.05) is 6.07 Å². The molecule has 4 nitrogen and oxygen atoms in total. The van der Waals surface area contributed by atoms with E-state index in [1.807, 2.05) is 43.3 Å². The molecule has 19 heavy (non-hydrogen) atoms. The van der Waals surface area contributed by atoms with Gasteiger partial charge >= 0.3 is 0 Å². The Morgan fingerprint density at radius 2 is 1.79 bits per heavy atom. The fourth-order valence-electron chi connectivity index (χ4n) is 1.78. The molecular weight excluding hydrogens is 240 g/mol. The number of ether oxygens (including phenoxy) is 2. The first-order valence-electron chi connectivity index (χ1n) is 5.99. The van der Waals surface area contributed by atoms with Crippen molar-refractivity contribution in [3.05, 3.63) is 42.0 Å². The highest BCUT2D eigenvalue weighted by atomic mass is 16.5. The van der Waals surface area contributed by atoms with Crippen LogP contribution < -0.4 is 20.5 Å². The summed E-state index contributed by atoms with van der Waals surface area (Å²) in [5.41, 5.74) is 9.51. The van der Waals surface area contributed by atoms with Crippen molar-refractivity contribution in [1.29, 1.82) is 0 Å². The van der Waals surface area contributed by atoms with E-state index in [0.29, 0.717) is 0 Å². The third-order valence-electron chi connectivity index (χ3n) is 2.97. The molecule has 0 aromatic heterocycles. The largest absolute Gasteiger partial charge is 0.497 e. The van der Waals surface area contributed by atoms with Crippen LogP contribution in [0.4, 0.5) is 17.1 Å². The highest BCUT2D eigenvalue weighted by molar-refractivity contribution is 5.70. The van der Waals surface area contributed by atoms with Crippen LogP contribution >= 0.6 is 0 Å². The molecular formula is C15H18N2O2. The van der Waals surface area contributed by atoms with Gasteiger partial charge in [-0.3, -0.25) is 0 Å². The molecule has 0 aliphatic heterocycles. The van der Waals surface area contributed by atoms with Gasteiger partial charge in [0.05, 0.1) is 19.9 Å². The number of nitrogens with two attached hydrogens (primary N) is 1. The van der Waals surface area contributed by atoms with Crippen LogP contribution in [-0.2, 0) is 0 Å². The van der Waals surface area contributed by atoms with Crippen molar-refractivity contribution in [3.8, 4) is 11.5 Å². The van der Waals surface area contributed by atoms with Crippen molar-refractivity contribution in [2.75, 3.05) is 25.3 Å². The molecule has 0 bridgehead atoms. The van der Waals surface area contributed by atoms with Gasteiger partial charge in [-0.2, -0.15) is 0 Å². The molecule has 0 aliphatic rings. The van der Waals surface area contributed by atoms with Crippen LogP contribution in [0.2, 0.25) is 0 Å². The van der Waals surface area contributed by atoms with E-state index in [2.05, 4.69) is 5.32 Å². The van der Waals surface area contributed by atoms with Crippen LogP contribution in [-0.4, -0.2) is 14.2 Å². The zero-order valence-electron chi connectivity index (χ0n) is 11.4. The Morgan fingerprint density at radius 3 is 2.42 bits per heavy atom. The van der Waals surface area contributed by atoms with E-state index in [1.165, 1.54) is 0 Å². The van der Waals surface area contributed by atoms with Gasteiger partial charge in [-0.15, -0.1) is 0 Å². The zero-order chi connectivity index (χ0) is 13.8. The summed E-state index contributed by atoms with van der Waals surface area (Å²) in [5.74, 6) is 1.48. The highest BCUT2D eigenvalue weighted by Gasteiger charge is 2.06. The van der Waals surface area contributed by atoms with Crippen LogP contribution in [0.1, 0.15) is 5.56 Å². The molecule has 2 rings (SSSR count). The van der Waals surface area contributed by atoms with Crippen LogP contribution in [0.3, 0.4) is 0 Å². The van der Waals surface area contributed by atoms with Crippen molar-refractivity contribution in [2.45, 2.75) is 6.92 Å². The van der Waals surface area contributed by atoms with E-state index in [9.17, 15) is 0 Å². The minimum absolute atomic E-state index is 0.721. The number of benzene rings is 2. The summed E-state index contributed by atoms with van der Waals surface area (Å²) in [4.78, 5) is 0. The van der Waals surface area contributed by atoms with E-state index >= 15 is 0 Å². The number of hydrogen-bond acceptors (Lipinski definition) is 4. The average Bonchev–Trinajstić information content (AvgIpc) is 2.43. The normalized spacial score (nSPS) is 10.1. The number of rotatable bonds is 4. The second-order valence-electron chi connectivity index (χ2n) is 4.26. The molecule has 0 spiro atoms. The summed E-state index contributed by atoms with van der Waals surface area (Å²) >= 11 is 0. The Balaban J connectivity index is 2.29. The maximum absolute atomic E-state index is 5.90. The molecule has 0 fully saturated rings. The molecule has 0 aliphatic carbocycles. The fourth-order valence-corrected chi connectivity index (χ4v) is 1.78. The van der Waals surface area contributed by atoms with Crippen molar-refractivity contribution in [1.82, 2.24) is 0 Å². The Kier molecular flexibility index (Phi) is 3.80. The first-order valence-corrected chi connectivity index (χ1v) is 5.99. The number of nitrogens with one attached hydrogen (secondary N) is 1. The number of aryl methyl sites for hydroxylation is 1. The molecule has 100 valence electrons. The van der Waals surface area contributed by atoms with Crippen molar-refractivity contribution < 1.29 is 9.47 Å². The molecule has 0 atom stereocenters. The Labute approximate surface area is 113 Å². The predicted molar refractivity (Wildman–Crippen MR) is 78.4 cm³/mol. The maximum Gasteiger partial charge on any atom is 0.145 e. The summed E-state index contributed by atoms with van der Waals surface area (Å²) < 4.78 is 10.5. The number of anilines is 3. The van der Waals surface area contributed by atoms with Crippen molar-refractivity contribution >= 4 is 17.1 Å². The lowest BCUT2D eigenvalue weighted by atomic mass is 10.2. The lowest BCUT2D eigenvalue weighted by molar-refractivity contribution is 0.395. The molecule has 2 aromatic rings. The van der Waals surface area contributed by atoms with Gasteiger partial charge in [-0.25, -0.2) is 0 Å². The number of methoxy groups -OCH3 is 2. The fraction of sp³-hybridized carbons (Fsp3) is 0.200. The Hall–Kier alpha value is -2.36. The van der Waals surface area contributed by atoms with E-state index in [0.717, 1.165) is 34.1 Å². The van der Waals surface area contributed by atoms with E-state index in [1.54, 1.807) is 14.2 Å². The van der Waals surface area contributed by atoms with Gasteiger partial charge in [0.25, 0.3) is 0 Å². The topological polar surface area (TPSA) is 56.5 Å². The average molecular weight is 258 g/mol. The third-order valence-corrected chi connectivity index (χ3v) is 2.97. The second-order valence-corrected chi connectivity index (χ2v) is 4.26. The molecule has 0 saturated carbocycles. The first kappa shape index (κ1) is 13.1. The molecule has 0 unspecified atom stereocenters. The summed E-state index contributed by atoms with van der Waals surface area (Å²) in [6.45, 7) is 1.98. The third kappa shape index (κ3) is 2.91. The zero-order valence-corrected chi connectivity index (χ0v) is 11.4. The summed E-state index contributed by atoms with van der Waals surface area (Å²) in [6, 6.07) is 11.5. The smallest absolute Gasteiger partial charge is 0.145 e. The summed E-state index contributed by atoms with van der Waals surface area (Å²) in [7, 11) is 3.26. The number of nitrogen functional groups attached to an aromatic ring is 1. The van der Waals surface area contributed by atoms with Crippen LogP contribution in [0, 0.1) is 6.92 Å². The minimum atomic E-state index is 0.721. The Morgan fingerprint density at radius 1 is 1.00 bits per heavy atom. The van der Waals surface area contributed by atoms with Gasteiger partial charge in [0.1, 0.15) is 11.5 Å². The number of hydrogen-bond donors (Lipinski definition) is 2. The van der Waals surface area contributed by atoms with Gasteiger partial charge in [0, 0.05) is 17.4 Å². The standard InChI is InChI=1S/C15H18N2O2/c1-10-4-5-11(8-13(10)16)17-14-7-6-12(18-2)9-15(14)19-3/h4-9,17H,16H2,1-3H3. The minimum Gasteiger partial charge on any atom is -0.497 e. The van der Waals surface area contributed by atoms with Gasteiger partial charge in [0.2, 0.25) is 0 Å². The highest BCUT2D eigenvalue weighted by Crippen LogP contribution is 2.32. The van der Waals surface area contributed by atoms with E-state index in [4.69, 9.17) is 15.2 Å². The second kappa shape index (κ2) is 5.52. The van der Waals surface area contributed by atoms with Crippen molar-refractivity contribution in [2.24, 2.45) is 0 Å². The van der Waals surface area contributed by atoms with Crippen LogP contribution in [0.15, 0.2) is 36.4 Å². The van der Waals surface area contributed by atoms with Gasteiger partial charge < -0.3 is 20.5 Å². The summed E-state index contributed by atoms with van der Waals surface area (Å²) in [5, 5.41) is 3.28. The van der Waals surface area contributed by atoms with Crippen molar-refractivity contribution in [3.63, 3.8) is 0 Å². The molecule has 0 saturated heterocycles. The van der Waals surface area contributed by atoms with Crippen LogP contribution in [0.5, 0.6) is 11.5 Å². The molecule has 3 N–H and O–H groups in total. The lowest BCUT2D eigenvalue weighted by Gasteiger charge is -2.13. The molecule has 0 radical (unpaired) electrons.